The standard InChI is InChI=1S/C27H23NO3/c1-16-14-17(2)21(18(3)15-16)22-26(30)23(25(29)20-12-8-5-9-13-20)24(28-27(22)31)19-10-6-4-7-11-19/h4-15H,1-3H3,(H2,28,30,31). The molecule has 154 valence electrons. The third kappa shape index (κ3) is 3.68. The molecule has 4 rings (SSSR count). The van der Waals surface area contributed by atoms with Crippen LogP contribution in [0, 0.1) is 20.8 Å². The van der Waals surface area contributed by atoms with Crippen molar-refractivity contribution in [3.05, 3.63) is 111 Å². The summed E-state index contributed by atoms with van der Waals surface area (Å²) in [7, 11) is 0. The Morgan fingerprint density at radius 3 is 1.94 bits per heavy atom. The van der Waals surface area contributed by atoms with E-state index in [4.69, 9.17) is 0 Å². The van der Waals surface area contributed by atoms with Gasteiger partial charge in [0.2, 0.25) is 0 Å². The molecule has 4 nitrogen and oxygen atoms in total. The lowest BCUT2D eigenvalue weighted by Crippen LogP contribution is -2.17. The zero-order valence-electron chi connectivity index (χ0n) is 17.7. The summed E-state index contributed by atoms with van der Waals surface area (Å²) in [6.07, 6.45) is 0. The van der Waals surface area contributed by atoms with E-state index in [2.05, 4.69) is 4.98 Å². The minimum atomic E-state index is -0.434. The van der Waals surface area contributed by atoms with Crippen molar-refractivity contribution in [3.63, 3.8) is 0 Å². The Morgan fingerprint density at radius 1 is 0.806 bits per heavy atom. The second-order valence-corrected chi connectivity index (χ2v) is 7.76. The first-order valence-electron chi connectivity index (χ1n) is 10.1. The van der Waals surface area contributed by atoms with E-state index in [0.29, 0.717) is 22.4 Å². The molecular weight excluding hydrogens is 386 g/mol. The van der Waals surface area contributed by atoms with E-state index < -0.39 is 5.56 Å². The van der Waals surface area contributed by atoms with Gasteiger partial charge in [0, 0.05) is 5.56 Å². The number of aryl methyl sites for hydroxylation is 3. The Morgan fingerprint density at radius 2 is 1.35 bits per heavy atom. The van der Waals surface area contributed by atoms with Crippen LogP contribution in [0.4, 0.5) is 0 Å². The molecular formula is C27H23NO3. The normalized spacial score (nSPS) is 10.8. The molecule has 0 saturated heterocycles. The number of benzene rings is 3. The number of aromatic amines is 1. The Labute approximate surface area is 180 Å². The van der Waals surface area contributed by atoms with Gasteiger partial charge in [0.25, 0.3) is 5.56 Å². The molecule has 0 atom stereocenters. The zero-order chi connectivity index (χ0) is 22.1. The summed E-state index contributed by atoms with van der Waals surface area (Å²) in [4.78, 5) is 29.6. The first kappa shape index (κ1) is 20.4. The van der Waals surface area contributed by atoms with E-state index in [0.717, 1.165) is 16.7 Å². The fourth-order valence-corrected chi connectivity index (χ4v) is 4.17. The molecule has 0 aliphatic heterocycles. The van der Waals surface area contributed by atoms with Crippen molar-refractivity contribution in [1.29, 1.82) is 0 Å². The third-order valence-corrected chi connectivity index (χ3v) is 5.44. The van der Waals surface area contributed by atoms with Crippen molar-refractivity contribution >= 4 is 5.78 Å². The average molecular weight is 409 g/mol. The van der Waals surface area contributed by atoms with Gasteiger partial charge in [0.15, 0.2) is 5.78 Å². The summed E-state index contributed by atoms with van der Waals surface area (Å²) in [5, 5.41) is 11.4. The number of nitrogens with one attached hydrogen (secondary N) is 1. The van der Waals surface area contributed by atoms with Crippen molar-refractivity contribution in [3.8, 4) is 28.1 Å². The number of H-pyrrole nitrogens is 1. The van der Waals surface area contributed by atoms with E-state index in [-0.39, 0.29) is 22.7 Å². The lowest BCUT2D eigenvalue weighted by Gasteiger charge is -2.17. The SMILES string of the molecule is Cc1cc(C)c(-c2c(O)c(C(=O)c3ccccc3)c(-c3ccccc3)[nH]c2=O)c(C)c1. The average Bonchev–Trinajstić information content (AvgIpc) is 2.76. The van der Waals surface area contributed by atoms with Gasteiger partial charge in [-0.15, -0.1) is 0 Å². The molecule has 0 fully saturated rings. The second kappa shape index (κ2) is 8.07. The highest BCUT2D eigenvalue weighted by Crippen LogP contribution is 2.38. The second-order valence-electron chi connectivity index (χ2n) is 7.76. The highest BCUT2D eigenvalue weighted by atomic mass is 16.3. The zero-order valence-corrected chi connectivity index (χ0v) is 17.7. The van der Waals surface area contributed by atoms with Crippen LogP contribution in [0.3, 0.4) is 0 Å². The lowest BCUT2D eigenvalue weighted by atomic mass is 9.90. The maximum atomic E-state index is 13.5. The summed E-state index contributed by atoms with van der Waals surface area (Å²) >= 11 is 0. The maximum Gasteiger partial charge on any atom is 0.260 e. The van der Waals surface area contributed by atoms with E-state index in [1.807, 2.05) is 57.2 Å². The largest absolute Gasteiger partial charge is 0.506 e. The number of carbonyl (C=O) groups excluding carboxylic acids is 1. The quantitative estimate of drug-likeness (QED) is 0.433. The molecule has 2 N–H and O–H groups in total. The van der Waals surface area contributed by atoms with Gasteiger partial charge in [-0.25, -0.2) is 0 Å². The maximum absolute atomic E-state index is 13.5. The molecule has 4 aromatic rings. The smallest absolute Gasteiger partial charge is 0.260 e. The van der Waals surface area contributed by atoms with E-state index in [9.17, 15) is 14.7 Å². The number of ketones is 1. The van der Waals surface area contributed by atoms with Crippen molar-refractivity contribution < 1.29 is 9.90 Å². The molecule has 0 aliphatic rings. The number of hydrogen-bond donors (Lipinski definition) is 2. The summed E-state index contributed by atoms with van der Waals surface area (Å²) in [6, 6.07) is 21.8. The molecule has 4 heteroatoms. The van der Waals surface area contributed by atoms with Crippen LogP contribution in [0.25, 0.3) is 22.4 Å². The first-order valence-corrected chi connectivity index (χ1v) is 10.1. The molecule has 0 bridgehead atoms. The first-order chi connectivity index (χ1) is 14.9. The Balaban J connectivity index is 2.08. The van der Waals surface area contributed by atoms with Gasteiger partial charge in [-0.05, 0) is 43.0 Å². The third-order valence-electron chi connectivity index (χ3n) is 5.44. The molecule has 0 amide bonds. The number of rotatable bonds is 4. The molecule has 31 heavy (non-hydrogen) atoms. The topological polar surface area (TPSA) is 70.2 Å². The van der Waals surface area contributed by atoms with E-state index in [1.54, 1.807) is 36.4 Å². The van der Waals surface area contributed by atoms with Crippen molar-refractivity contribution in [1.82, 2.24) is 4.98 Å². The predicted octanol–water partition coefficient (Wildman–Crippen LogP) is 5.57. The van der Waals surface area contributed by atoms with Crippen LogP contribution in [0.2, 0.25) is 0 Å². The minimum Gasteiger partial charge on any atom is -0.506 e. The number of carbonyl (C=O) groups is 1. The molecule has 0 spiro atoms. The number of hydrogen-bond acceptors (Lipinski definition) is 3. The summed E-state index contributed by atoms with van der Waals surface area (Å²) in [6.45, 7) is 5.78. The van der Waals surface area contributed by atoms with Crippen LogP contribution in [0.1, 0.15) is 32.6 Å². The van der Waals surface area contributed by atoms with E-state index >= 15 is 0 Å². The van der Waals surface area contributed by atoms with Crippen LogP contribution in [-0.2, 0) is 0 Å². The van der Waals surface area contributed by atoms with Crippen molar-refractivity contribution in [2.45, 2.75) is 20.8 Å². The number of pyridine rings is 1. The predicted molar refractivity (Wildman–Crippen MR) is 124 cm³/mol. The summed E-state index contributed by atoms with van der Waals surface area (Å²) in [5.74, 6) is -0.650. The molecule has 0 saturated carbocycles. The van der Waals surface area contributed by atoms with Crippen LogP contribution < -0.4 is 5.56 Å². The molecule has 0 radical (unpaired) electrons. The highest BCUT2D eigenvalue weighted by molar-refractivity contribution is 6.15. The molecule has 1 heterocycles. The molecule has 1 aromatic heterocycles. The van der Waals surface area contributed by atoms with Gasteiger partial charge in [-0.3, -0.25) is 9.59 Å². The fourth-order valence-electron chi connectivity index (χ4n) is 4.17. The van der Waals surface area contributed by atoms with Gasteiger partial charge in [-0.1, -0.05) is 78.4 Å². The molecule has 0 aliphatic carbocycles. The van der Waals surface area contributed by atoms with Crippen LogP contribution >= 0.6 is 0 Å². The van der Waals surface area contributed by atoms with Gasteiger partial charge in [0.05, 0.1) is 16.8 Å². The van der Waals surface area contributed by atoms with E-state index in [1.165, 1.54) is 0 Å². The monoisotopic (exact) mass is 409 g/mol. The summed E-state index contributed by atoms with van der Waals surface area (Å²) < 4.78 is 0. The Hall–Kier alpha value is -3.92. The van der Waals surface area contributed by atoms with Crippen molar-refractivity contribution in [2.24, 2.45) is 0 Å². The van der Waals surface area contributed by atoms with Gasteiger partial charge in [-0.2, -0.15) is 0 Å². The summed E-state index contributed by atoms with van der Waals surface area (Å²) in [5.41, 5.74) is 4.61. The van der Waals surface area contributed by atoms with Gasteiger partial charge in [0.1, 0.15) is 5.75 Å². The fraction of sp³-hybridized carbons (Fsp3) is 0.111. The molecule has 0 unspecified atom stereocenters. The number of aromatic hydroxyl groups is 1. The molecule has 3 aromatic carbocycles. The van der Waals surface area contributed by atoms with Crippen LogP contribution in [0.15, 0.2) is 77.6 Å². The minimum absolute atomic E-state index is 0.0892. The highest BCUT2D eigenvalue weighted by Gasteiger charge is 2.26. The lowest BCUT2D eigenvalue weighted by molar-refractivity contribution is 0.103. The Kier molecular flexibility index (Phi) is 5.30. The van der Waals surface area contributed by atoms with Gasteiger partial charge < -0.3 is 10.1 Å². The Bertz CT molecular complexity index is 1310. The van der Waals surface area contributed by atoms with Crippen LogP contribution in [-0.4, -0.2) is 15.9 Å². The van der Waals surface area contributed by atoms with Crippen molar-refractivity contribution in [2.75, 3.05) is 0 Å². The number of aromatic nitrogens is 1. The van der Waals surface area contributed by atoms with Crippen LogP contribution in [0.5, 0.6) is 5.75 Å². The van der Waals surface area contributed by atoms with Gasteiger partial charge >= 0.3 is 0 Å².